The number of benzene rings is 1. The summed E-state index contributed by atoms with van der Waals surface area (Å²) in [5.74, 6) is 0.939. The van der Waals surface area contributed by atoms with Crippen LogP contribution in [0.1, 0.15) is 32.1 Å². The Morgan fingerprint density at radius 1 is 1.30 bits per heavy atom. The highest BCUT2D eigenvalue weighted by molar-refractivity contribution is 7.99. The Hall–Kier alpha value is -1.36. The molecule has 4 nitrogen and oxygen atoms in total. The number of nitrogens with two attached hydrogens (primary N) is 1. The van der Waals surface area contributed by atoms with Gasteiger partial charge in [-0.15, -0.1) is 11.8 Å². The number of carbonyl (C=O) groups is 1. The molecule has 0 spiro atoms. The smallest absolute Gasteiger partial charge is 0.322 e. The molecule has 1 aliphatic carbocycles. The maximum Gasteiger partial charge on any atom is 0.322 e. The summed E-state index contributed by atoms with van der Waals surface area (Å²) in [6.45, 7) is 0.750. The first-order valence-electron chi connectivity index (χ1n) is 7.34. The lowest BCUT2D eigenvalue weighted by Crippen LogP contribution is -2.47. The van der Waals surface area contributed by atoms with Crippen LogP contribution in [-0.4, -0.2) is 24.4 Å². The van der Waals surface area contributed by atoms with Gasteiger partial charge in [-0.1, -0.05) is 19.3 Å². The first-order valence-corrected chi connectivity index (χ1v) is 8.33. The minimum atomic E-state index is 0.0315. The second-order valence-electron chi connectivity index (χ2n) is 5.51. The topological polar surface area (TPSA) is 58.4 Å². The predicted octanol–water partition coefficient (Wildman–Crippen LogP) is 3.22. The fourth-order valence-electron chi connectivity index (χ4n) is 2.95. The number of rotatable bonds is 1. The fourth-order valence-corrected chi connectivity index (χ4v) is 3.92. The van der Waals surface area contributed by atoms with Gasteiger partial charge in [0.25, 0.3) is 0 Å². The van der Waals surface area contributed by atoms with E-state index >= 15 is 0 Å². The second-order valence-corrected chi connectivity index (χ2v) is 6.65. The highest BCUT2D eigenvalue weighted by atomic mass is 32.2. The van der Waals surface area contributed by atoms with Crippen LogP contribution in [0, 0.1) is 0 Å². The van der Waals surface area contributed by atoms with Crippen molar-refractivity contribution < 1.29 is 4.79 Å². The fraction of sp³-hybridized carbons (Fsp3) is 0.533. The van der Waals surface area contributed by atoms with Crippen molar-refractivity contribution in [3.05, 3.63) is 18.2 Å². The summed E-state index contributed by atoms with van der Waals surface area (Å²) in [4.78, 5) is 15.5. The molecule has 2 amide bonds. The van der Waals surface area contributed by atoms with Gasteiger partial charge in [0.1, 0.15) is 0 Å². The zero-order chi connectivity index (χ0) is 13.9. The number of nitrogens with one attached hydrogen (secondary N) is 1. The number of hydrogen-bond donors (Lipinski definition) is 2. The Morgan fingerprint density at radius 2 is 2.10 bits per heavy atom. The number of nitrogen functional groups attached to an aromatic ring is 1. The maximum atomic E-state index is 12.5. The third-order valence-electron chi connectivity index (χ3n) is 4.02. The molecule has 0 unspecified atom stereocenters. The molecule has 1 heterocycles. The van der Waals surface area contributed by atoms with Crippen molar-refractivity contribution >= 4 is 29.2 Å². The number of thioether (sulfide) groups is 1. The van der Waals surface area contributed by atoms with Crippen LogP contribution in [0.2, 0.25) is 0 Å². The highest BCUT2D eigenvalue weighted by Crippen LogP contribution is 2.36. The third kappa shape index (κ3) is 2.87. The van der Waals surface area contributed by atoms with Gasteiger partial charge in [0.05, 0.1) is 5.69 Å². The standard InChI is InChI=1S/C15H21N3OS/c16-11-6-7-14-13(10-11)18(8-9-20-14)15(19)17-12-4-2-1-3-5-12/h6-7,10,12H,1-5,8-9,16H2,(H,17,19). The zero-order valence-electron chi connectivity index (χ0n) is 11.6. The summed E-state index contributed by atoms with van der Waals surface area (Å²) in [6.07, 6.45) is 5.97. The average Bonchev–Trinajstić information content (AvgIpc) is 2.47. The molecule has 3 rings (SSSR count). The lowest BCUT2D eigenvalue weighted by atomic mass is 9.96. The molecule has 3 N–H and O–H groups in total. The molecule has 0 bridgehead atoms. The van der Waals surface area contributed by atoms with E-state index in [4.69, 9.17) is 5.73 Å². The average molecular weight is 291 g/mol. The minimum Gasteiger partial charge on any atom is -0.399 e. The van der Waals surface area contributed by atoms with Crippen molar-refractivity contribution in [3.63, 3.8) is 0 Å². The Balaban J connectivity index is 1.74. The van der Waals surface area contributed by atoms with E-state index in [2.05, 4.69) is 5.32 Å². The normalized spacial score (nSPS) is 19.5. The molecule has 1 aliphatic heterocycles. The zero-order valence-corrected chi connectivity index (χ0v) is 12.4. The van der Waals surface area contributed by atoms with Gasteiger partial charge in [0, 0.05) is 28.9 Å². The molecule has 2 aliphatic rings. The molecule has 1 aromatic carbocycles. The van der Waals surface area contributed by atoms with Crippen molar-refractivity contribution in [1.82, 2.24) is 5.32 Å². The maximum absolute atomic E-state index is 12.5. The molecule has 0 saturated heterocycles. The van der Waals surface area contributed by atoms with Crippen LogP contribution in [0.5, 0.6) is 0 Å². The summed E-state index contributed by atoms with van der Waals surface area (Å²) in [5, 5.41) is 3.19. The van der Waals surface area contributed by atoms with E-state index in [1.54, 1.807) is 11.8 Å². The Kier molecular flexibility index (Phi) is 4.05. The van der Waals surface area contributed by atoms with E-state index in [-0.39, 0.29) is 6.03 Å². The number of nitrogens with zero attached hydrogens (tertiary/aromatic N) is 1. The van der Waals surface area contributed by atoms with Gasteiger partial charge in [-0.05, 0) is 31.0 Å². The molecule has 5 heteroatoms. The number of anilines is 2. The van der Waals surface area contributed by atoms with E-state index < -0.39 is 0 Å². The summed E-state index contributed by atoms with van der Waals surface area (Å²) in [7, 11) is 0. The van der Waals surface area contributed by atoms with Gasteiger partial charge in [0.2, 0.25) is 0 Å². The highest BCUT2D eigenvalue weighted by Gasteiger charge is 2.25. The number of urea groups is 1. The van der Waals surface area contributed by atoms with Crippen LogP contribution in [0.15, 0.2) is 23.1 Å². The van der Waals surface area contributed by atoms with Crippen LogP contribution in [-0.2, 0) is 0 Å². The first kappa shape index (κ1) is 13.6. The molecule has 0 atom stereocenters. The van der Waals surface area contributed by atoms with Gasteiger partial charge in [-0.25, -0.2) is 4.79 Å². The van der Waals surface area contributed by atoms with E-state index in [9.17, 15) is 4.79 Å². The van der Waals surface area contributed by atoms with Gasteiger partial charge in [-0.2, -0.15) is 0 Å². The first-order chi connectivity index (χ1) is 9.74. The molecular weight excluding hydrogens is 270 g/mol. The molecule has 1 aromatic rings. The number of fused-ring (bicyclic) bond motifs is 1. The second kappa shape index (κ2) is 5.95. The van der Waals surface area contributed by atoms with Crippen molar-refractivity contribution in [1.29, 1.82) is 0 Å². The Labute approximate surface area is 124 Å². The molecule has 108 valence electrons. The van der Waals surface area contributed by atoms with E-state index in [0.717, 1.165) is 35.7 Å². The van der Waals surface area contributed by atoms with Crippen LogP contribution in [0.4, 0.5) is 16.2 Å². The molecule has 0 aromatic heterocycles. The van der Waals surface area contributed by atoms with E-state index in [0.29, 0.717) is 11.7 Å². The van der Waals surface area contributed by atoms with Crippen LogP contribution in [0.3, 0.4) is 0 Å². The quantitative estimate of drug-likeness (QED) is 0.781. The number of hydrogen-bond acceptors (Lipinski definition) is 3. The SMILES string of the molecule is Nc1ccc2c(c1)N(C(=O)NC1CCCCC1)CCS2. The van der Waals surface area contributed by atoms with E-state index in [1.807, 2.05) is 23.1 Å². The predicted molar refractivity (Wildman–Crippen MR) is 84.3 cm³/mol. The lowest BCUT2D eigenvalue weighted by molar-refractivity contribution is 0.238. The molecule has 20 heavy (non-hydrogen) atoms. The number of carbonyl (C=O) groups excluding carboxylic acids is 1. The van der Waals surface area contributed by atoms with Crippen molar-refractivity contribution in [2.45, 2.75) is 43.0 Å². The Morgan fingerprint density at radius 3 is 2.90 bits per heavy atom. The summed E-state index contributed by atoms with van der Waals surface area (Å²) in [5.41, 5.74) is 7.52. The monoisotopic (exact) mass is 291 g/mol. The summed E-state index contributed by atoms with van der Waals surface area (Å²) < 4.78 is 0. The molecule has 0 radical (unpaired) electrons. The minimum absolute atomic E-state index is 0.0315. The van der Waals surface area contributed by atoms with Crippen molar-refractivity contribution in [2.75, 3.05) is 22.9 Å². The van der Waals surface area contributed by atoms with Crippen LogP contribution >= 0.6 is 11.8 Å². The van der Waals surface area contributed by atoms with Gasteiger partial charge in [0.15, 0.2) is 0 Å². The van der Waals surface area contributed by atoms with Gasteiger partial charge in [-0.3, -0.25) is 4.90 Å². The summed E-state index contributed by atoms with van der Waals surface area (Å²) >= 11 is 1.79. The van der Waals surface area contributed by atoms with Crippen LogP contribution in [0.25, 0.3) is 0 Å². The lowest BCUT2D eigenvalue weighted by Gasteiger charge is -2.32. The van der Waals surface area contributed by atoms with Crippen LogP contribution < -0.4 is 16.0 Å². The van der Waals surface area contributed by atoms with Gasteiger partial charge < -0.3 is 11.1 Å². The van der Waals surface area contributed by atoms with Crippen molar-refractivity contribution in [2.24, 2.45) is 0 Å². The summed E-state index contributed by atoms with van der Waals surface area (Å²) in [6, 6.07) is 6.19. The van der Waals surface area contributed by atoms with E-state index in [1.165, 1.54) is 19.3 Å². The van der Waals surface area contributed by atoms with Gasteiger partial charge >= 0.3 is 6.03 Å². The number of amides is 2. The van der Waals surface area contributed by atoms with Crippen molar-refractivity contribution in [3.8, 4) is 0 Å². The molecule has 1 saturated carbocycles. The Bertz CT molecular complexity index is 500. The molecular formula is C15H21N3OS. The third-order valence-corrected chi connectivity index (χ3v) is 5.07. The molecule has 1 fully saturated rings. The largest absolute Gasteiger partial charge is 0.399 e.